The molecule has 0 aliphatic carbocycles. The summed E-state index contributed by atoms with van der Waals surface area (Å²) in [6.07, 6.45) is 6.01. The summed E-state index contributed by atoms with van der Waals surface area (Å²) in [6, 6.07) is 22.9. The van der Waals surface area contributed by atoms with E-state index in [1.807, 2.05) is 78.9 Å². The van der Waals surface area contributed by atoms with E-state index in [0.717, 1.165) is 56.0 Å². The van der Waals surface area contributed by atoms with Gasteiger partial charge in [-0.05, 0) is 84.5 Å². The molecule has 34 heavy (non-hydrogen) atoms. The van der Waals surface area contributed by atoms with E-state index in [9.17, 15) is 9.90 Å². The van der Waals surface area contributed by atoms with E-state index in [0.29, 0.717) is 0 Å². The Hall–Kier alpha value is -4.20. The number of fused-ring (bicyclic) bond motifs is 8. The SMILES string of the molecule is O=C(O)c1ccc(C2=Cc3cc4ccc(cc5nc(cc6ccc(cc2n3)[nH]6)C=C5)[nH]4)cc1.[Co]. The summed E-state index contributed by atoms with van der Waals surface area (Å²) in [4.78, 5) is 27.6. The molecule has 3 aromatic heterocycles. The third kappa shape index (κ3) is 4.22. The number of H-pyrrole nitrogens is 2. The van der Waals surface area contributed by atoms with Crippen molar-refractivity contribution in [1.29, 1.82) is 0 Å². The molecule has 1 aromatic carbocycles. The number of aromatic amines is 2. The van der Waals surface area contributed by atoms with Crippen LogP contribution in [0.25, 0.3) is 45.9 Å². The number of carbonyl (C=O) groups is 1. The van der Waals surface area contributed by atoms with Gasteiger partial charge < -0.3 is 15.1 Å². The number of aromatic carboxylic acids is 1. The van der Waals surface area contributed by atoms with Crippen LogP contribution in [0.3, 0.4) is 0 Å². The van der Waals surface area contributed by atoms with E-state index < -0.39 is 5.97 Å². The van der Waals surface area contributed by atoms with Gasteiger partial charge in [0.05, 0.1) is 28.3 Å². The third-order valence-electron chi connectivity index (χ3n) is 5.61. The zero-order chi connectivity index (χ0) is 22.4. The maximum absolute atomic E-state index is 11.2. The minimum absolute atomic E-state index is 0. The summed E-state index contributed by atoms with van der Waals surface area (Å²) >= 11 is 0. The summed E-state index contributed by atoms with van der Waals surface area (Å²) < 4.78 is 0. The normalized spacial score (nSPS) is 12.2. The Morgan fingerprint density at radius 2 is 1.21 bits per heavy atom. The van der Waals surface area contributed by atoms with Gasteiger partial charge in [0, 0.05) is 44.4 Å². The summed E-state index contributed by atoms with van der Waals surface area (Å²) in [5.74, 6) is -0.943. The van der Waals surface area contributed by atoms with Crippen molar-refractivity contribution in [1.82, 2.24) is 19.9 Å². The van der Waals surface area contributed by atoms with Gasteiger partial charge >= 0.3 is 5.97 Å². The van der Waals surface area contributed by atoms with Gasteiger partial charge in [-0.15, -0.1) is 0 Å². The molecule has 167 valence electrons. The molecule has 4 aromatic rings. The van der Waals surface area contributed by atoms with Crippen molar-refractivity contribution in [3.8, 4) is 0 Å². The summed E-state index contributed by atoms with van der Waals surface area (Å²) in [5, 5.41) is 9.23. The fourth-order valence-corrected chi connectivity index (χ4v) is 4.04. The Morgan fingerprint density at radius 1 is 0.676 bits per heavy atom. The fraction of sp³-hybridized carbons (Fsp3) is 0. The molecule has 2 aliphatic heterocycles. The first-order chi connectivity index (χ1) is 16.1. The minimum Gasteiger partial charge on any atom is -0.478 e. The minimum atomic E-state index is -0.943. The van der Waals surface area contributed by atoms with Gasteiger partial charge in [0.2, 0.25) is 0 Å². The average molecular weight is 489 g/mol. The summed E-state index contributed by atoms with van der Waals surface area (Å²) in [5.41, 5.74) is 9.24. The number of hydrogen-bond acceptors (Lipinski definition) is 3. The van der Waals surface area contributed by atoms with Gasteiger partial charge in [-0.3, -0.25) is 0 Å². The molecule has 0 saturated heterocycles. The summed E-state index contributed by atoms with van der Waals surface area (Å²) in [6.45, 7) is 0. The Bertz CT molecular complexity index is 1640. The Balaban J connectivity index is 0.00000241. The van der Waals surface area contributed by atoms with Crippen molar-refractivity contribution in [3.63, 3.8) is 0 Å². The standard InChI is InChI=1S/C27H18N4O2.Co/c32-27(33)17-3-1-16(2-4-17)25-14-24-13-22-8-7-20(29-22)11-18-5-6-19(28-18)12-21-9-10-23(30-21)15-26(25)31-24;/h1-15,29-30H,(H,32,33);. The molecule has 0 amide bonds. The number of aromatic nitrogens is 4. The van der Waals surface area contributed by atoms with Crippen LogP contribution in [0.15, 0.2) is 72.8 Å². The quantitative estimate of drug-likeness (QED) is 0.288. The second kappa shape index (κ2) is 8.62. The second-order valence-electron chi connectivity index (χ2n) is 7.97. The van der Waals surface area contributed by atoms with Crippen LogP contribution in [0.2, 0.25) is 0 Å². The van der Waals surface area contributed by atoms with Crippen molar-refractivity contribution >= 4 is 51.8 Å². The van der Waals surface area contributed by atoms with Crippen molar-refractivity contribution < 1.29 is 26.7 Å². The Kier molecular flexibility index (Phi) is 5.49. The molecule has 2 aliphatic rings. The van der Waals surface area contributed by atoms with Crippen LogP contribution in [0, 0.1) is 0 Å². The number of carboxylic acid groups (broad SMARTS) is 1. The molecule has 0 saturated carbocycles. The smallest absolute Gasteiger partial charge is 0.335 e. The molecular weight excluding hydrogens is 471 g/mol. The number of rotatable bonds is 2. The second-order valence-corrected chi connectivity index (χ2v) is 7.97. The van der Waals surface area contributed by atoms with E-state index in [1.54, 1.807) is 12.1 Å². The van der Waals surface area contributed by atoms with Gasteiger partial charge in [0.1, 0.15) is 0 Å². The molecule has 7 heteroatoms. The van der Waals surface area contributed by atoms with Gasteiger partial charge in [-0.2, -0.15) is 0 Å². The summed E-state index contributed by atoms with van der Waals surface area (Å²) in [7, 11) is 0. The molecule has 6 rings (SSSR count). The van der Waals surface area contributed by atoms with Crippen LogP contribution in [-0.4, -0.2) is 31.0 Å². The molecule has 0 spiro atoms. The topological polar surface area (TPSA) is 94.7 Å². The molecule has 8 bridgehead atoms. The largest absolute Gasteiger partial charge is 0.478 e. The molecule has 3 N–H and O–H groups in total. The van der Waals surface area contributed by atoms with Crippen molar-refractivity contribution in [2.24, 2.45) is 0 Å². The Labute approximate surface area is 205 Å². The first-order valence-electron chi connectivity index (χ1n) is 10.5. The zero-order valence-electron chi connectivity index (χ0n) is 17.7. The molecule has 0 fully saturated rings. The van der Waals surface area contributed by atoms with Crippen LogP contribution in [-0.2, 0) is 16.8 Å². The van der Waals surface area contributed by atoms with E-state index in [-0.39, 0.29) is 22.3 Å². The van der Waals surface area contributed by atoms with Crippen LogP contribution in [0.1, 0.15) is 38.7 Å². The van der Waals surface area contributed by atoms with E-state index >= 15 is 0 Å². The van der Waals surface area contributed by atoms with Crippen LogP contribution < -0.4 is 0 Å². The van der Waals surface area contributed by atoms with Gasteiger partial charge in [0.25, 0.3) is 0 Å². The number of nitrogens with zero attached hydrogens (tertiary/aromatic N) is 2. The number of hydrogen-bond donors (Lipinski definition) is 3. The van der Waals surface area contributed by atoms with Gasteiger partial charge in [-0.25, -0.2) is 14.8 Å². The average Bonchev–Trinajstić information content (AvgIpc) is 3.59. The molecule has 6 nitrogen and oxygen atoms in total. The maximum Gasteiger partial charge on any atom is 0.335 e. The number of benzene rings is 1. The van der Waals surface area contributed by atoms with E-state index in [1.165, 1.54) is 0 Å². The molecule has 1 radical (unpaired) electrons. The van der Waals surface area contributed by atoms with Crippen molar-refractivity contribution in [3.05, 3.63) is 107 Å². The van der Waals surface area contributed by atoms with Crippen molar-refractivity contribution in [2.75, 3.05) is 0 Å². The predicted octanol–water partition coefficient (Wildman–Crippen LogP) is 5.77. The van der Waals surface area contributed by atoms with Crippen LogP contribution in [0.4, 0.5) is 0 Å². The van der Waals surface area contributed by atoms with Gasteiger partial charge in [0.15, 0.2) is 0 Å². The first-order valence-corrected chi connectivity index (χ1v) is 10.5. The monoisotopic (exact) mass is 489 g/mol. The van der Waals surface area contributed by atoms with Crippen LogP contribution in [0.5, 0.6) is 0 Å². The predicted molar refractivity (Wildman–Crippen MR) is 130 cm³/mol. The first kappa shape index (κ1) is 21.6. The third-order valence-corrected chi connectivity index (χ3v) is 5.61. The van der Waals surface area contributed by atoms with Gasteiger partial charge in [-0.1, -0.05) is 12.1 Å². The zero-order valence-corrected chi connectivity index (χ0v) is 18.8. The van der Waals surface area contributed by atoms with Crippen LogP contribution >= 0.6 is 0 Å². The molecular formula is C27H18CoN4O2. The van der Waals surface area contributed by atoms with E-state index in [2.05, 4.69) is 15.0 Å². The maximum atomic E-state index is 11.2. The molecule has 5 heterocycles. The molecule has 0 unspecified atom stereocenters. The molecule has 0 atom stereocenters. The fourth-order valence-electron chi connectivity index (χ4n) is 4.04. The number of carboxylic acids is 1. The van der Waals surface area contributed by atoms with E-state index in [4.69, 9.17) is 4.98 Å². The van der Waals surface area contributed by atoms with Crippen molar-refractivity contribution in [2.45, 2.75) is 0 Å². The Morgan fingerprint density at radius 3 is 1.76 bits per heavy atom. The number of nitrogens with one attached hydrogen (secondary N) is 2.